The maximum Gasteiger partial charge on any atom is 0.201 e. The summed E-state index contributed by atoms with van der Waals surface area (Å²) >= 11 is 0. The van der Waals surface area contributed by atoms with Gasteiger partial charge in [-0.05, 0) is 17.7 Å². The molecule has 17 heavy (non-hydrogen) atoms. The summed E-state index contributed by atoms with van der Waals surface area (Å²) in [6, 6.07) is 5.89. The number of hydrogen-bond acceptors (Lipinski definition) is 3. The second kappa shape index (κ2) is 3.73. The Balaban J connectivity index is 2.07. The van der Waals surface area contributed by atoms with Crippen LogP contribution in [-0.4, -0.2) is 18.2 Å². The van der Waals surface area contributed by atoms with Gasteiger partial charge in [0.2, 0.25) is 5.78 Å². The van der Waals surface area contributed by atoms with Crippen LogP contribution in [0.15, 0.2) is 45.5 Å². The lowest BCUT2D eigenvalue weighted by atomic mass is 9.96. The molecule has 84 valence electrons. The number of nitrogens with zero attached hydrogens (tertiary/aromatic N) is 2. The standard InChI is InChI=1S/C13H9FN2O/c14-9-3-1-2-8(6-9)12-13-10(4-5-15-13)11(17)7-16-12/h1-3,5-7,12H,4H2. The third-order valence-corrected chi connectivity index (χ3v) is 2.90. The molecule has 0 radical (unpaired) electrons. The summed E-state index contributed by atoms with van der Waals surface area (Å²) in [6.07, 6.45) is 3.55. The number of hydrogen-bond donors (Lipinski definition) is 0. The van der Waals surface area contributed by atoms with E-state index >= 15 is 0 Å². The quantitative estimate of drug-likeness (QED) is 0.726. The second-order valence-electron chi connectivity index (χ2n) is 3.98. The average molecular weight is 228 g/mol. The van der Waals surface area contributed by atoms with E-state index < -0.39 is 0 Å². The van der Waals surface area contributed by atoms with Crippen LogP contribution in [0.4, 0.5) is 4.39 Å². The number of allylic oxidation sites excluding steroid dienone is 1. The van der Waals surface area contributed by atoms with Crippen molar-refractivity contribution >= 4 is 18.2 Å². The highest BCUT2D eigenvalue weighted by Gasteiger charge is 2.28. The zero-order valence-electron chi connectivity index (χ0n) is 8.93. The van der Waals surface area contributed by atoms with Crippen molar-refractivity contribution in [3.63, 3.8) is 0 Å². The molecule has 1 aromatic carbocycles. The molecule has 3 nitrogen and oxygen atoms in total. The monoisotopic (exact) mass is 228 g/mol. The number of carbonyl (C=O) groups is 1. The summed E-state index contributed by atoms with van der Waals surface area (Å²) in [6.45, 7) is 0. The van der Waals surface area contributed by atoms with E-state index in [2.05, 4.69) is 9.98 Å². The molecule has 0 bridgehead atoms. The molecule has 2 heterocycles. The van der Waals surface area contributed by atoms with Crippen LogP contribution in [0.1, 0.15) is 18.0 Å². The minimum atomic E-state index is -0.350. The molecule has 0 saturated heterocycles. The fourth-order valence-electron chi connectivity index (χ4n) is 2.09. The molecular formula is C13H9FN2O. The van der Waals surface area contributed by atoms with E-state index in [1.54, 1.807) is 18.3 Å². The largest absolute Gasteiger partial charge is 0.288 e. The normalized spacial score (nSPS) is 22.2. The van der Waals surface area contributed by atoms with Crippen LogP contribution in [0, 0.1) is 5.82 Å². The Morgan fingerprint density at radius 1 is 1.35 bits per heavy atom. The molecule has 0 spiro atoms. The maximum absolute atomic E-state index is 13.2. The first-order valence-electron chi connectivity index (χ1n) is 5.34. The summed E-state index contributed by atoms with van der Waals surface area (Å²) in [5.41, 5.74) is 2.05. The van der Waals surface area contributed by atoms with Crippen LogP contribution >= 0.6 is 0 Å². The first kappa shape index (κ1) is 10.1. The minimum absolute atomic E-state index is 0.0925. The van der Waals surface area contributed by atoms with Gasteiger partial charge < -0.3 is 0 Å². The van der Waals surface area contributed by atoms with Crippen LogP contribution < -0.4 is 0 Å². The van der Waals surface area contributed by atoms with Crippen molar-refractivity contribution in [3.8, 4) is 0 Å². The second-order valence-corrected chi connectivity index (χ2v) is 3.98. The summed E-state index contributed by atoms with van der Waals surface area (Å²) in [4.78, 5) is 19.9. The Morgan fingerprint density at radius 2 is 2.24 bits per heavy atom. The third-order valence-electron chi connectivity index (χ3n) is 2.90. The molecule has 2 aliphatic rings. The molecule has 3 rings (SSSR count). The Morgan fingerprint density at radius 3 is 3.06 bits per heavy atom. The molecule has 0 amide bonds. The van der Waals surface area contributed by atoms with Crippen molar-refractivity contribution in [2.75, 3.05) is 0 Å². The minimum Gasteiger partial charge on any atom is -0.288 e. The van der Waals surface area contributed by atoms with Crippen molar-refractivity contribution in [1.82, 2.24) is 0 Å². The molecule has 0 saturated carbocycles. The molecule has 0 aliphatic carbocycles. The molecule has 4 heteroatoms. The topological polar surface area (TPSA) is 41.8 Å². The van der Waals surface area contributed by atoms with Crippen molar-refractivity contribution in [1.29, 1.82) is 0 Å². The van der Waals surface area contributed by atoms with Gasteiger partial charge in [-0.15, -0.1) is 0 Å². The van der Waals surface area contributed by atoms with Gasteiger partial charge in [0.15, 0.2) is 0 Å². The summed E-state index contributed by atoms with van der Waals surface area (Å²) in [7, 11) is 0. The van der Waals surface area contributed by atoms with E-state index in [0.717, 1.165) is 5.56 Å². The Kier molecular flexibility index (Phi) is 2.21. The van der Waals surface area contributed by atoms with Gasteiger partial charge in [0.05, 0.1) is 11.9 Å². The van der Waals surface area contributed by atoms with Crippen LogP contribution in [0.3, 0.4) is 0 Å². The van der Waals surface area contributed by atoms with E-state index in [-0.39, 0.29) is 17.6 Å². The van der Waals surface area contributed by atoms with Gasteiger partial charge in [0.25, 0.3) is 0 Å². The van der Waals surface area contributed by atoms with Gasteiger partial charge in [-0.25, -0.2) is 4.39 Å². The molecule has 1 unspecified atom stereocenters. The van der Waals surface area contributed by atoms with E-state index in [9.17, 15) is 9.18 Å². The number of dihydropyridines is 1. The highest BCUT2D eigenvalue weighted by molar-refractivity contribution is 6.37. The number of Topliss-reactive ketones (excluding diaryl/α,β-unsaturated/α-hetero) is 1. The van der Waals surface area contributed by atoms with Gasteiger partial charge >= 0.3 is 0 Å². The van der Waals surface area contributed by atoms with Crippen molar-refractivity contribution in [3.05, 3.63) is 46.9 Å². The molecule has 0 aromatic heterocycles. The molecule has 0 fully saturated rings. The summed E-state index contributed by atoms with van der Waals surface area (Å²) in [5, 5.41) is 0. The summed E-state index contributed by atoms with van der Waals surface area (Å²) in [5.74, 6) is -0.399. The number of benzene rings is 1. The maximum atomic E-state index is 13.2. The van der Waals surface area contributed by atoms with Crippen LogP contribution in [0.2, 0.25) is 0 Å². The van der Waals surface area contributed by atoms with Gasteiger partial charge in [-0.3, -0.25) is 14.8 Å². The summed E-state index contributed by atoms with van der Waals surface area (Å²) < 4.78 is 13.2. The van der Waals surface area contributed by atoms with E-state index in [0.29, 0.717) is 17.7 Å². The number of carbonyl (C=O) groups excluding carboxylic acids is 1. The Bertz CT molecular complexity index is 587. The highest BCUT2D eigenvalue weighted by Crippen LogP contribution is 2.35. The molecule has 1 atom stereocenters. The average Bonchev–Trinajstić information content (AvgIpc) is 2.79. The van der Waals surface area contributed by atoms with Crippen molar-refractivity contribution < 1.29 is 9.18 Å². The number of halogens is 1. The smallest absolute Gasteiger partial charge is 0.201 e. The molecule has 2 aliphatic heterocycles. The molecular weight excluding hydrogens is 219 g/mol. The van der Waals surface area contributed by atoms with E-state index in [1.165, 1.54) is 18.3 Å². The van der Waals surface area contributed by atoms with Crippen LogP contribution in [0.5, 0.6) is 0 Å². The number of rotatable bonds is 1. The predicted octanol–water partition coefficient (Wildman–Crippen LogP) is 2.25. The van der Waals surface area contributed by atoms with Gasteiger partial charge in [-0.1, -0.05) is 12.1 Å². The third kappa shape index (κ3) is 1.62. The Labute approximate surface area is 97.4 Å². The molecule has 0 N–H and O–H groups in total. The Hall–Kier alpha value is -2.10. The van der Waals surface area contributed by atoms with Gasteiger partial charge in [0.1, 0.15) is 11.9 Å². The number of aliphatic imine (C=N–C) groups is 2. The predicted molar refractivity (Wildman–Crippen MR) is 62.8 cm³/mol. The first-order valence-corrected chi connectivity index (χ1v) is 5.34. The van der Waals surface area contributed by atoms with Crippen LogP contribution in [0.25, 0.3) is 0 Å². The van der Waals surface area contributed by atoms with E-state index in [4.69, 9.17) is 0 Å². The van der Waals surface area contributed by atoms with E-state index in [1.807, 2.05) is 0 Å². The first-order chi connectivity index (χ1) is 8.25. The fourth-order valence-corrected chi connectivity index (χ4v) is 2.09. The lowest BCUT2D eigenvalue weighted by molar-refractivity contribution is -0.109. The lowest BCUT2D eigenvalue weighted by Crippen LogP contribution is -2.14. The SMILES string of the molecule is O=C1C=NC(c2cccc(F)c2)C2=C1CC=N2. The van der Waals surface area contributed by atoms with Gasteiger partial charge in [-0.2, -0.15) is 0 Å². The lowest BCUT2D eigenvalue weighted by Gasteiger charge is -2.17. The highest BCUT2D eigenvalue weighted by atomic mass is 19.1. The van der Waals surface area contributed by atoms with Crippen molar-refractivity contribution in [2.24, 2.45) is 9.98 Å². The zero-order chi connectivity index (χ0) is 11.8. The fraction of sp³-hybridized carbons (Fsp3) is 0.154. The van der Waals surface area contributed by atoms with Crippen molar-refractivity contribution in [2.45, 2.75) is 12.5 Å². The van der Waals surface area contributed by atoms with Gasteiger partial charge in [0, 0.05) is 18.2 Å². The zero-order valence-corrected chi connectivity index (χ0v) is 8.93. The number of ketones is 1. The molecule has 1 aromatic rings. The van der Waals surface area contributed by atoms with Crippen LogP contribution in [-0.2, 0) is 4.79 Å².